The molecule has 1 aromatic carbocycles. The van der Waals surface area contributed by atoms with Crippen molar-refractivity contribution < 1.29 is 4.79 Å². The number of rotatable bonds is 6. The van der Waals surface area contributed by atoms with Gasteiger partial charge in [-0.05, 0) is 18.4 Å². The molecule has 0 fully saturated rings. The highest BCUT2D eigenvalue weighted by atomic mass is 16.2. The number of likely N-dealkylation sites (N-methyl/N-ethyl adjacent to an activating group) is 1. The Morgan fingerprint density at radius 2 is 1.78 bits per heavy atom. The molecule has 5 heteroatoms. The Kier molecular flexibility index (Phi) is 7.59. The van der Waals surface area contributed by atoms with Gasteiger partial charge in [0.15, 0.2) is 5.96 Å². The van der Waals surface area contributed by atoms with Crippen molar-refractivity contribution in [2.75, 3.05) is 34.2 Å². The molecule has 0 aliphatic rings. The second kappa shape index (κ2) is 9.18. The zero-order chi connectivity index (χ0) is 17.4. The van der Waals surface area contributed by atoms with Crippen molar-refractivity contribution in [3.8, 4) is 0 Å². The number of hydrogen-bond acceptors (Lipinski definition) is 2. The summed E-state index contributed by atoms with van der Waals surface area (Å²) in [6, 6.07) is 8.46. The highest BCUT2D eigenvalue weighted by molar-refractivity contribution is 5.84. The maximum Gasteiger partial charge on any atom is 0.243 e. The maximum absolute atomic E-state index is 11.8. The van der Waals surface area contributed by atoms with Gasteiger partial charge in [0.25, 0.3) is 0 Å². The van der Waals surface area contributed by atoms with Crippen LogP contribution in [0.25, 0.3) is 0 Å². The van der Waals surface area contributed by atoms with Crippen molar-refractivity contribution in [3.05, 3.63) is 35.4 Å². The monoisotopic (exact) mass is 318 g/mol. The fourth-order valence-electron chi connectivity index (χ4n) is 1.93. The second-order valence-electron chi connectivity index (χ2n) is 6.54. The van der Waals surface area contributed by atoms with Crippen molar-refractivity contribution in [3.63, 3.8) is 0 Å². The summed E-state index contributed by atoms with van der Waals surface area (Å²) in [4.78, 5) is 19.9. The summed E-state index contributed by atoms with van der Waals surface area (Å²) in [5.41, 5.74) is 2.47. The molecular formula is C18H30N4O. The molecule has 0 unspecified atom stereocenters. The summed E-state index contributed by atoms with van der Waals surface area (Å²) in [5, 5.41) is 3.35. The SMILES string of the molecule is Cc1ccc(CN(C)C(=NCC(=O)N(C)C)NCC(C)C)cc1. The van der Waals surface area contributed by atoms with Crippen LogP contribution in [0.15, 0.2) is 29.3 Å². The molecule has 0 aromatic heterocycles. The van der Waals surface area contributed by atoms with Gasteiger partial charge in [-0.3, -0.25) is 4.79 Å². The van der Waals surface area contributed by atoms with Crippen LogP contribution < -0.4 is 5.32 Å². The third kappa shape index (κ3) is 7.17. The quantitative estimate of drug-likeness (QED) is 0.645. The normalized spacial score (nSPS) is 11.5. The molecule has 1 aromatic rings. The smallest absolute Gasteiger partial charge is 0.243 e. The Morgan fingerprint density at radius 1 is 1.17 bits per heavy atom. The Labute approximate surface area is 140 Å². The third-order valence-corrected chi connectivity index (χ3v) is 3.43. The highest BCUT2D eigenvalue weighted by Crippen LogP contribution is 2.06. The van der Waals surface area contributed by atoms with E-state index < -0.39 is 0 Å². The minimum Gasteiger partial charge on any atom is -0.356 e. The van der Waals surface area contributed by atoms with Crippen LogP contribution in [0.5, 0.6) is 0 Å². The van der Waals surface area contributed by atoms with Gasteiger partial charge >= 0.3 is 0 Å². The fourth-order valence-corrected chi connectivity index (χ4v) is 1.93. The summed E-state index contributed by atoms with van der Waals surface area (Å²) < 4.78 is 0. The molecule has 0 atom stereocenters. The lowest BCUT2D eigenvalue weighted by molar-refractivity contribution is -0.127. The lowest BCUT2D eigenvalue weighted by Gasteiger charge is -2.23. The molecule has 1 N–H and O–H groups in total. The van der Waals surface area contributed by atoms with E-state index in [1.54, 1.807) is 19.0 Å². The van der Waals surface area contributed by atoms with Gasteiger partial charge in [-0.25, -0.2) is 4.99 Å². The van der Waals surface area contributed by atoms with Gasteiger partial charge in [-0.15, -0.1) is 0 Å². The van der Waals surface area contributed by atoms with E-state index in [4.69, 9.17) is 0 Å². The third-order valence-electron chi connectivity index (χ3n) is 3.43. The first-order valence-corrected chi connectivity index (χ1v) is 8.04. The van der Waals surface area contributed by atoms with Gasteiger partial charge in [-0.1, -0.05) is 43.7 Å². The molecule has 5 nitrogen and oxygen atoms in total. The molecule has 0 bridgehead atoms. The van der Waals surface area contributed by atoms with Gasteiger partial charge in [-0.2, -0.15) is 0 Å². The van der Waals surface area contributed by atoms with Gasteiger partial charge in [0.1, 0.15) is 6.54 Å². The number of nitrogens with one attached hydrogen (secondary N) is 1. The first-order chi connectivity index (χ1) is 10.8. The summed E-state index contributed by atoms with van der Waals surface area (Å²) in [7, 11) is 5.48. The largest absolute Gasteiger partial charge is 0.356 e. The van der Waals surface area contributed by atoms with Crippen molar-refractivity contribution in [1.29, 1.82) is 0 Å². The Bertz CT molecular complexity index is 520. The molecule has 1 amide bonds. The van der Waals surface area contributed by atoms with Crippen LogP contribution >= 0.6 is 0 Å². The van der Waals surface area contributed by atoms with Crippen LogP contribution in [0.4, 0.5) is 0 Å². The lowest BCUT2D eigenvalue weighted by Crippen LogP contribution is -2.41. The van der Waals surface area contributed by atoms with E-state index in [1.807, 2.05) is 7.05 Å². The lowest BCUT2D eigenvalue weighted by atomic mass is 10.1. The minimum absolute atomic E-state index is 0.00224. The predicted octanol–water partition coefficient (Wildman–Crippen LogP) is 2.12. The zero-order valence-corrected chi connectivity index (χ0v) is 15.3. The number of nitrogens with zero attached hydrogens (tertiary/aromatic N) is 3. The van der Waals surface area contributed by atoms with Gasteiger partial charge in [0.05, 0.1) is 0 Å². The molecule has 128 valence electrons. The number of carbonyl (C=O) groups is 1. The van der Waals surface area contributed by atoms with E-state index in [0.717, 1.165) is 19.0 Å². The number of carbonyl (C=O) groups excluding carboxylic acids is 1. The molecule has 0 aliphatic heterocycles. The zero-order valence-electron chi connectivity index (χ0n) is 15.3. The standard InChI is InChI=1S/C18H30N4O/c1-14(2)11-19-18(20-12-17(23)21(4)5)22(6)13-16-9-7-15(3)8-10-16/h7-10,14H,11-13H2,1-6H3,(H,19,20). The van der Waals surface area contributed by atoms with Gasteiger partial charge < -0.3 is 15.1 Å². The van der Waals surface area contributed by atoms with Crippen molar-refractivity contribution >= 4 is 11.9 Å². The summed E-state index contributed by atoms with van der Waals surface area (Å²) >= 11 is 0. The van der Waals surface area contributed by atoms with Gasteiger partial charge in [0.2, 0.25) is 5.91 Å². The molecule has 0 radical (unpaired) electrons. The Balaban J connectivity index is 2.78. The first kappa shape index (κ1) is 19.0. The summed E-state index contributed by atoms with van der Waals surface area (Å²) in [5.74, 6) is 1.27. The topological polar surface area (TPSA) is 47.9 Å². The molecule has 0 saturated heterocycles. The van der Waals surface area contributed by atoms with Crippen molar-refractivity contribution in [1.82, 2.24) is 15.1 Å². The van der Waals surface area contributed by atoms with Gasteiger partial charge in [0, 0.05) is 34.2 Å². The average Bonchev–Trinajstić information content (AvgIpc) is 2.48. The van der Waals surface area contributed by atoms with Crippen LogP contribution in [0.2, 0.25) is 0 Å². The molecule has 0 spiro atoms. The van der Waals surface area contributed by atoms with Crippen LogP contribution in [0.1, 0.15) is 25.0 Å². The molecule has 0 saturated carbocycles. The van der Waals surface area contributed by atoms with E-state index in [9.17, 15) is 4.79 Å². The van der Waals surface area contributed by atoms with Crippen LogP contribution in [-0.2, 0) is 11.3 Å². The van der Waals surface area contributed by atoms with Crippen LogP contribution in [-0.4, -0.2) is 55.9 Å². The average molecular weight is 318 g/mol. The number of guanidine groups is 1. The number of benzene rings is 1. The summed E-state index contributed by atoms with van der Waals surface area (Å²) in [6.45, 7) is 8.11. The fraction of sp³-hybridized carbons (Fsp3) is 0.556. The number of aryl methyl sites for hydroxylation is 1. The number of amides is 1. The molecule has 23 heavy (non-hydrogen) atoms. The Morgan fingerprint density at radius 3 is 2.30 bits per heavy atom. The van der Waals surface area contributed by atoms with E-state index in [2.05, 4.69) is 60.2 Å². The molecule has 0 aliphatic carbocycles. The molecule has 0 heterocycles. The van der Waals surface area contributed by atoms with Crippen molar-refractivity contribution in [2.24, 2.45) is 10.9 Å². The van der Waals surface area contributed by atoms with E-state index >= 15 is 0 Å². The van der Waals surface area contributed by atoms with Crippen LogP contribution in [0, 0.1) is 12.8 Å². The van der Waals surface area contributed by atoms with E-state index in [0.29, 0.717) is 5.92 Å². The minimum atomic E-state index is -0.00224. The summed E-state index contributed by atoms with van der Waals surface area (Å²) in [6.07, 6.45) is 0. The molecule has 1 rings (SSSR count). The van der Waals surface area contributed by atoms with E-state index in [1.165, 1.54) is 11.1 Å². The molecular weight excluding hydrogens is 288 g/mol. The van der Waals surface area contributed by atoms with Crippen molar-refractivity contribution in [2.45, 2.75) is 27.3 Å². The number of hydrogen-bond donors (Lipinski definition) is 1. The Hall–Kier alpha value is -2.04. The predicted molar refractivity (Wildman–Crippen MR) is 96.5 cm³/mol. The van der Waals surface area contributed by atoms with E-state index in [-0.39, 0.29) is 12.5 Å². The highest BCUT2D eigenvalue weighted by Gasteiger charge is 2.10. The number of aliphatic imine (C=N–C) groups is 1. The second-order valence-corrected chi connectivity index (χ2v) is 6.54. The van der Waals surface area contributed by atoms with Crippen LogP contribution in [0.3, 0.4) is 0 Å². The maximum atomic E-state index is 11.8. The first-order valence-electron chi connectivity index (χ1n) is 8.04.